The molecule has 0 radical (unpaired) electrons. The SMILES string of the molecule is Fc1cc(Oc2cc(Br)ccc2C(F)(F)F)ccc1Br. The van der Waals surface area contributed by atoms with Crippen LogP contribution in [-0.4, -0.2) is 0 Å². The Hall–Kier alpha value is -1.08. The van der Waals surface area contributed by atoms with E-state index in [-0.39, 0.29) is 10.2 Å². The van der Waals surface area contributed by atoms with Gasteiger partial charge in [0.2, 0.25) is 0 Å². The molecule has 0 bridgehead atoms. The van der Waals surface area contributed by atoms with Gasteiger partial charge in [-0.05, 0) is 46.3 Å². The van der Waals surface area contributed by atoms with Crippen molar-refractivity contribution < 1.29 is 22.3 Å². The first-order chi connectivity index (χ1) is 9.27. The third-order valence-corrected chi connectivity index (χ3v) is 3.50. The standard InChI is InChI=1S/C13H6Br2F4O/c14-7-1-3-9(13(17,18)19)12(5-7)20-8-2-4-10(15)11(16)6-8/h1-6H. The Balaban J connectivity index is 2.42. The fourth-order valence-corrected chi connectivity index (χ4v) is 2.07. The molecule has 0 amide bonds. The van der Waals surface area contributed by atoms with Gasteiger partial charge in [0.25, 0.3) is 0 Å². The van der Waals surface area contributed by atoms with Crippen molar-refractivity contribution in [2.45, 2.75) is 6.18 Å². The summed E-state index contributed by atoms with van der Waals surface area (Å²) in [5.41, 5.74) is -0.927. The lowest BCUT2D eigenvalue weighted by Crippen LogP contribution is -2.07. The molecule has 20 heavy (non-hydrogen) atoms. The quantitative estimate of drug-likeness (QED) is 0.535. The van der Waals surface area contributed by atoms with Crippen LogP contribution in [0.25, 0.3) is 0 Å². The maximum atomic E-state index is 13.3. The molecular weight excluding hydrogens is 408 g/mol. The Labute approximate surface area is 128 Å². The second kappa shape index (κ2) is 5.73. The highest BCUT2D eigenvalue weighted by molar-refractivity contribution is 9.10. The largest absolute Gasteiger partial charge is 0.457 e. The Morgan fingerprint density at radius 1 is 0.950 bits per heavy atom. The molecule has 1 nitrogen and oxygen atoms in total. The van der Waals surface area contributed by atoms with E-state index in [1.165, 1.54) is 24.3 Å². The topological polar surface area (TPSA) is 9.23 Å². The summed E-state index contributed by atoms with van der Waals surface area (Å²) in [6, 6.07) is 7.07. The maximum absolute atomic E-state index is 13.3. The molecule has 0 unspecified atom stereocenters. The molecule has 0 N–H and O–H groups in total. The first-order valence-electron chi connectivity index (χ1n) is 5.27. The van der Waals surface area contributed by atoms with E-state index in [4.69, 9.17) is 4.74 Å². The average molecular weight is 414 g/mol. The summed E-state index contributed by atoms with van der Waals surface area (Å²) >= 11 is 6.03. The highest BCUT2D eigenvalue weighted by Crippen LogP contribution is 2.39. The number of rotatable bonds is 2. The summed E-state index contributed by atoms with van der Waals surface area (Å²) in [5.74, 6) is -1.03. The summed E-state index contributed by atoms with van der Waals surface area (Å²) < 4.78 is 57.7. The van der Waals surface area contributed by atoms with Crippen LogP contribution in [0.2, 0.25) is 0 Å². The van der Waals surface area contributed by atoms with Gasteiger partial charge < -0.3 is 4.74 Å². The van der Waals surface area contributed by atoms with Crippen LogP contribution in [0.4, 0.5) is 17.6 Å². The van der Waals surface area contributed by atoms with Crippen molar-refractivity contribution in [1.29, 1.82) is 0 Å². The van der Waals surface area contributed by atoms with Gasteiger partial charge in [-0.3, -0.25) is 0 Å². The van der Waals surface area contributed by atoms with Crippen LogP contribution in [0, 0.1) is 5.82 Å². The van der Waals surface area contributed by atoms with Gasteiger partial charge in [-0.1, -0.05) is 15.9 Å². The summed E-state index contributed by atoms with van der Waals surface area (Å²) in [5, 5.41) is 0. The molecule has 0 saturated carbocycles. The molecule has 0 spiro atoms. The Morgan fingerprint density at radius 2 is 1.65 bits per heavy atom. The van der Waals surface area contributed by atoms with Crippen LogP contribution in [-0.2, 0) is 6.18 Å². The van der Waals surface area contributed by atoms with Crippen molar-refractivity contribution in [2.24, 2.45) is 0 Å². The first-order valence-corrected chi connectivity index (χ1v) is 6.85. The minimum atomic E-state index is -4.55. The summed E-state index contributed by atoms with van der Waals surface area (Å²) in [6.07, 6.45) is -4.55. The second-order valence-electron chi connectivity index (χ2n) is 3.82. The molecule has 2 rings (SSSR count). The van der Waals surface area contributed by atoms with E-state index < -0.39 is 23.3 Å². The van der Waals surface area contributed by atoms with Crippen molar-refractivity contribution in [1.82, 2.24) is 0 Å². The van der Waals surface area contributed by atoms with Crippen LogP contribution in [0.3, 0.4) is 0 Å². The lowest BCUT2D eigenvalue weighted by Gasteiger charge is -2.14. The number of hydrogen-bond acceptors (Lipinski definition) is 1. The smallest absolute Gasteiger partial charge is 0.419 e. The monoisotopic (exact) mass is 412 g/mol. The van der Waals surface area contributed by atoms with Gasteiger partial charge in [0, 0.05) is 10.5 Å². The second-order valence-corrected chi connectivity index (χ2v) is 5.59. The van der Waals surface area contributed by atoms with Crippen LogP contribution in [0.15, 0.2) is 45.3 Å². The highest BCUT2D eigenvalue weighted by atomic mass is 79.9. The van der Waals surface area contributed by atoms with Gasteiger partial charge in [-0.2, -0.15) is 13.2 Å². The molecule has 0 aromatic heterocycles. The molecule has 106 valence electrons. The van der Waals surface area contributed by atoms with E-state index in [1.807, 2.05) is 0 Å². The predicted molar refractivity (Wildman–Crippen MR) is 73.3 cm³/mol. The van der Waals surface area contributed by atoms with Crippen LogP contribution in [0.5, 0.6) is 11.5 Å². The number of benzene rings is 2. The number of alkyl halides is 3. The molecule has 0 aliphatic heterocycles. The van der Waals surface area contributed by atoms with E-state index in [0.717, 1.165) is 12.1 Å². The van der Waals surface area contributed by atoms with E-state index in [1.54, 1.807) is 0 Å². The molecule has 2 aromatic rings. The molecule has 0 aliphatic carbocycles. The molecule has 2 aromatic carbocycles. The van der Waals surface area contributed by atoms with Crippen molar-refractivity contribution in [3.8, 4) is 11.5 Å². The van der Waals surface area contributed by atoms with Gasteiger partial charge in [-0.25, -0.2) is 4.39 Å². The van der Waals surface area contributed by atoms with Crippen molar-refractivity contribution in [3.05, 3.63) is 56.7 Å². The molecule has 0 saturated heterocycles. The maximum Gasteiger partial charge on any atom is 0.419 e. The lowest BCUT2D eigenvalue weighted by atomic mass is 10.2. The average Bonchev–Trinajstić information content (AvgIpc) is 2.32. The van der Waals surface area contributed by atoms with Crippen molar-refractivity contribution in [3.63, 3.8) is 0 Å². The fraction of sp³-hybridized carbons (Fsp3) is 0.0769. The minimum absolute atomic E-state index is 0.0192. The summed E-state index contributed by atoms with van der Waals surface area (Å²) in [4.78, 5) is 0. The minimum Gasteiger partial charge on any atom is -0.457 e. The predicted octanol–water partition coefficient (Wildman–Crippen LogP) is 6.16. The fourth-order valence-electron chi connectivity index (χ4n) is 1.48. The summed E-state index contributed by atoms with van der Waals surface area (Å²) in [6.45, 7) is 0. The Morgan fingerprint density at radius 3 is 2.25 bits per heavy atom. The highest BCUT2D eigenvalue weighted by Gasteiger charge is 2.34. The van der Waals surface area contributed by atoms with E-state index in [2.05, 4.69) is 31.9 Å². The van der Waals surface area contributed by atoms with Crippen LogP contribution >= 0.6 is 31.9 Å². The van der Waals surface area contributed by atoms with Gasteiger partial charge in [0.1, 0.15) is 17.3 Å². The van der Waals surface area contributed by atoms with Gasteiger partial charge in [0.05, 0.1) is 10.0 Å². The Bertz CT molecular complexity index is 641. The van der Waals surface area contributed by atoms with Crippen molar-refractivity contribution in [2.75, 3.05) is 0 Å². The van der Waals surface area contributed by atoms with Crippen molar-refractivity contribution >= 4 is 31.9 Å². The number of halogens is 6. The number of ether oxygens (including phenoxy) is 1. The zero-order valence-electron chi connectivity index (χ0n) is 9.64. The number of hydrogen-bond donors (Lipinski definition) is 0. The van der Waals surface area contributed by atoms with Gasteiger partial charge in [-0.15, -0.1) is 0 Å². The molecule has 0 fully saturated rings. The Kier molecular flexibility index (Phi) is 4.39. The molecule has 7 heteroatoms. The zero-order chi connectivity index (χ0) is 14.9. The molecule has 0 atom stereocenters. The molecular formula is C13H6Br2F4O. The summed E-state index contributed by atoms with van der Waals surface area (Å²) in [7, 11) is 0. The van der Waals surface area contributed by atoms with Gasteiger partial charge >= 0.3 is 6.18 Å². The van der Waals surface area contributed by atoms with Crippen LogP contribution in [0.1, 0.15) is 5.56 Å². The zero-order valence-corrected chi connectivity index (χ0v) is 12.8. The van der Waals surface area contributed by atoms with Crippen LogP contribution < -0.4 is 4.74 Å². The lowest BCUT2D eigenvalue weighted by molar-refractivity contribution is -0.138. The van der Waals surface area contributed by atoms with Gasteiger partial charge in [0.15, 0.2) is 0 Å². The normalized spacial score (nSPS) is 11.5. The molecule has 0 aliphatic rings. The van der Waals surface area contributed by atoms with E-state index >= 15 is 0 Å². The van der Waals surface area contributed by atoms with E-state index in [9.17, 15) is 17.6 Å². The molecule has 0 heterocycles. The third kappa shape index (κ3) is 3.52. The third-order valence-electron chi connectivity index (χ3n) is 2.37. The first kappa shape index (κ1) is 15.3. The van der Waals surface area contributed by atoms with E-state index in [0.29, 0.717) is 4.47 Å².